The number of rotatable bonds is 7. The molecule has 0 heterocycles. The average molecular weight is 402 g/mol. The highest BCUT2D eigenvalue weighted by molar-refractivity contribution is 5.65. The first-order valence-electron chi connectivity index (χ1n) is 9.62. The summed E-state index contributed by atoms with van der Waals surface area (Å²) in [6.07, 6.45) is 1.59. The Hall–Kier alpha value is -2.82. The Labute approximate surface area is 168 Å². The molecule has 0 aliphatic heterocycles. The van der Waals surface area contributed by atoms with E-state index in [0.717, 1.165) is 0 Å². The van der Waals surface area contributed by atoms with Gasteiger partial charge in [0.15, 0.2) is 23.2 Å². The van der Waals surface area contributed by atoms with Crippen LogP contribution in [0.5, 0.6) is 5.75 Å². The predicted octanol–water partition coefficient (Wildman–Crippen LogP) is 7.00. The molecular weight excluding hydrogens is 380 g/mol. The first-order chi connectivity index (χ1) is 14.0. The monoisotopic (exact) mass is 402 g/mol. The van der Waals surface area contributed by atoms with Crippen molar-refractivity contribution in [1.29, 1.82) is 0 Å². The van der Waals surface area contributed by atoms with E-state index in [-0.39, 0.29) is 17.9 Å². The number of hydrogen-bond donors (Lipinski definition) is 0. The molecule has 0 bridgehead atoms. The molecule has 0 saturated heterocycles. The van der Waals surface area contributed by atoms with Crippen LogP contribution in [0.1, 0.15) is 37.0 Å². The lowest BCUT2D eigenvalue weighted by molar-refractivity contribution is 0.284. The second-order valence-corrected chi connectivity index (χ2v) is 6.84. The first kappa shape index (κ1) is 20.9. The zero-order valence-corrected chi connectivity index (χ0v) is 16.4. The van der Waals surface area contributed by atoms with Crippen molar-refractivity contribution in [2.75, 3.05) is 0 Å². The molecule has 0 radical (unpaired) electrons. The van der Waals surface area contributed by atoms with Gasteiger partial charge in [-0.25, -0.2) is 13.2 Å². The highest BCUT2D eigenvalue weighted by Crippen LogP contribution is 2.28. The summed E-state index contributed by atoms with van der Waals surface area (Å²) in [4.78, 5) is 0. The summed E-state index contributed by atoms with van der Waals surface area (Å²) in [6.45, 7) is 3.68. The van der Waals surface area contributed by atoms with E-state index in [9.17, 15) is 17.6 Å². The standard InChI is InChI=1S/C24H22F4O/c1-3-5-18-11-13-20(24(28)22(18)26)29-14-15-6-8-17(9-7-15)19-12-10-16(4-2)21(25)23(19)27/h6-13H,3-5,14H2,1-2H3. The van der Waals surface area contributed by atoms with E-state index in [1.807, 2.05) is 6.92 Å². The molecule has 5 heteroatoms. The van der Waals surface area contributed by atoms with E-state index < -0.39 is 23.3 Å². The summed E-state index contributed by atoms with van der Waals surface area (Å²) in [6, 6.07) is 12.7. The van der Waals surface area contributed by atoms with Crippen LogP contribution in [0.4, 0.5) is 17.6 Å². The maximum atomic E-state index is 14.3. The Morgan fingerprint density at radius 3 is 2.00 bits per heavy atom. The highest BCUT2D eigenvalue weighted by Gasteiger charge is 2.15. The van der Waals surface area contributed by atoms with E-state index in [4.69, 9.17) is 4.74 Å². The Bertz CT molecular complexity index is 997. The molecule has 3 rings (SSSR count). The van der Waals surface area contributed by atoms with Gasteiger partial charge in [-0.3, -0.25) is 0 Å². The minimum atomic E-state index is -0.999. The summed E-state index contributed by atoms with van der Waals surface area (Å²) in [5.41, 5.74) is 2.04. The summed E-state index contributed by atoms with van der Waals surface area (Å²) in [5, 5.41) is 0. The second-order valence-electron chi connectivity index (χ2n) is 6.84. The molecule has 29 heavy (non-hydrogen) atoms. The van der Waals surface area contributed by atoms with Crippen molar-refractivity contribution in [1.82, 2.24) is 0 Å². The number of benzene rings is 3. The van der Waals surface area contributed by atoms with Crippen molar-refractivity contribution in [3.8, 4) is 16.9 Å². The van der Waals surface area contributed by atoms with Gasteiger partial charge in [0.05, 0.1) is 0 Å². The summed E-state index contributed by atoms with van der Waals surface area (Å²) >= 11 is 0. The number of halogens is 4. The summed E-state index contributed by atoms with van der Waals surface area (Å²) < 4.78 is 61.9. The molecule has 0 aliphatic carbocycles. The van der Waals surface area contributed by atoms with Crippen molar-refractivity contribution >= 4 is 0 Å². The van der Waals surface area contributed by atoms with Gasteiger partial charge in [0.1, 0.15) is 6.61 Å². The molecular formula is C24H22F4O. The smallest absolute Gasteiger partial charge is 0.200 e. The van der Waals surface area contributed by atoms with Crippen molar-refractivity contribution < 1.29 is 22.3 Å². The fourth-order valence-corrected chi connectivity index (χ4v) is 3.17. The molecule has 0 atom stereocenters. The van der Waals surface area contributed by atoms with Crippen LogP contribution in [-0.2, 0) is 19.4 Å². The summed E-state index contributed by atoms with van der Waals surface area (Å²) in [5.74, 6) is -3.75. The zero-order valence-electron chi connectivity index (χ0n) is 16.4. The van der Waals surface area contributed by atoms with Gasteiger partial charge in [-0.1, -0.05) is 62.7 Å². The molecule has 0 amide bonds. The third kappa shape index (κ3) is 4.44. The van der Waals surface area contributed by atoms with E-state index >= 15 is 0 Å². The molecule has 0 aromatic heterocycles. The average Bonchev–Trinajstić information content (AvgIpc) is 2.73. The quantitative estimate of drug-likeness (QED) is 0.387. The van der Waals surface area contributed by atoms with Gasteiger partial charge in [0.2, 0.25) is 5.82 Å². The van der Waals surface area contributed by atoms with Crippen LogP contribution in [0.15, 0.2) is 48.5 Å². The molecule has 0 N–H and O–H groups in total. The lowest BCUT2D eigenvalue weighted by Gasteiger charge is -2.11. The van der Waals surface area contributed by atoms with E-state index in [1.54, 1.807) is 43.3 Å². The molecule has 0 spiro atoms. The Kier molecular flexibility index (Phi) is 6.57. The second kappa shape index (κ2) is 9.12. The van der Waals surface area contributed by atoms with E-state index in [0.29, 0.717) is 41.5 Å². The molecule has 0 saturated carbocycles. The highest BCUT2D eigenvalue weighted by atomic mass is 19.2. The maximum Gasteiger partial charge on any atom is 0.200 e. The largest absolute Gasteiger partial charge is 0.486 e. The third-order valence-electron chi connectivity index (χ3n) is 4.85. The van der Waals surface area contributed by atoms with Crippen molar-refractivity contribution in [2.45, 2.75) is 39.7 Å². The predicted molar refractivity (Wildman–Crippen MR) is 106 cm³/mol. The van der Waals surface area contributed by atoms with Crippen molar-refractivity contribution in [3.63, 3.8) is 0 Å². The molecule has 0 unspecified atom stereocenters. The number of hydrogen-bond acceptors (Lipinski definition) is 1. The summed E-state index contributed by atoms with van der Waals surface area (Å²) in [7, 11) is 0. The van der Waals surface area contributed by atoms with Crippen LogP contribution in [0.25, 0.3) is 11.1 Å². The van der Waals surface area contributed by atoms with Crippen LogP contribution in [0.2, 0.25) is 0 Å². The van der Waals surface area contributed by atoms with Crippen molar-refractivity contribution in [2.24, 2.45) is 0 Å². The fourth-order valence-electron chi connectivity index (χ4n) is 3.17. The lowest BCUT2D eigenvalue weighted by atomic mass is 10.0. The van der Waals surface area contributed by atoms with Gasteiger partial charge in [0.25, 0.3) is 0 Å². The van der Waals surface area contributed by atoms with Crippen molar-refractivity contribution in [3.05, 3.63) is 88.5 Å². The lowest BCUT2D eigenvalue weighted by Crippen LogP contribution is -2.02. The molecule has 1 nitrogen and oxygen atoms in total. The minimum Gasteiger partial charge on any atom is -0.486 e. The van der Waals surface area contributed by atoms with Crippen LogP contribution in [-0.4, -0.2) is 0 Å². The van der Waals surface area contributed by atoms with E-state index in [1.165, 1.54) is 12.1 Å². The maximum absolute atomic E-state index is 14.3. The Morgan fingerprint density at radius 2 is 1.34 bits per heavy atom. The van der Waals surface area contributed by atoms with Gasteiger partial charge in [-0.2, -0.15) is 4.39 Å². The Balaban J connectivity index is 1.74. The van der Waals surface area contributed by atoms with Crippen LogP contribution >= 0.6 is 0 Å². The SMILES string of the molecule is CCCc1ccc(OCc2ccc(-c3ccc(CC)c(F)c3F)cc2)c(F)c1F. The van der Waals surface area contributed by atoms with Crippen LogP contribution in [0.3, 0.4) is 0 Å². The first-order valence-corrected chi connectivity index (χ1v) is 9.62. The molecule has 3 aromatic carbocycles. The molecule has 0 fully saturated rings. The molecule has 152 valence electrons. The Morgan fingerprint density at radius 1 is 0.690 bits per heavy atom. The minimum absolute atomic E-state index is 0.0232. The molecule has 0 aliphatic rings. The third-order valence-corrected chi connectivity index (χ3v) is 4.85. The fraction of sp³-hybridized carbons (Fsp3) is 0.250. The van der Waals surface area contributed by atoms with Gasteiger partial charge >= 0.3 is 0 Å². The zero-order chi connectivity index (χ0) is 21.0. The normalized spacial score (nSPS) is 11.0. The number of ether oxygens (including phenoxy) is 1. The van der Waals surface area contributed by atoms with Gasteiger partial charge in [-0.15, -0.1) is 0 Å². The van der Waals surface area contributed by atoms with Crippen LogP contribution < -0.4 is 4.74 Å². The van der Waals surface area contributed by atoms with Crippen LogP contribution in [0, 0.1) is 23.3 Å². The molecule has 3 aromatic rings. The van der Waals surface area contributed by atoms with Gasteiger partial charge in [0, 0.05) is 5.56 Å². The van der Waals surface area contributed by atoms with E-state index in [2.05, 4.69) is 0 Å². The van der Waals surface area contributed by atoms with Gasteiger partial charge < -0.3 is 4.74 Å². The number of aryl methyl sites for hydroxylation is 2. The van der Waals surface area contributed by atoms with Gasteiger partial charge in [-0.05, 0) is 41.2 Å². The topological polar surface area (TPSA) is 9.23 Å².